The van der Waals surface area contributed by atoms with Gasteiger partial charge in [0.05, 0.1) is 6.42 Å². The van der Waals surface area contributed by atoms with Gasteiger partial charge in [-0.1, -0.05) is 0 Å². The Hall–Kier alpha value is -1.83. The fourth-order valence-corrected chi connectivity index (χ4v) is 1.17. The number of carboxylic acids is 2. The zero-order valence-corrected chi connectivity index (χ0v) is 10.3. The Morgan fingerprint density at radius 1 is 1.22 bits per heavy atom. The first-order valence-electron chi connectivity index (χ1n) is 5.37. The summed E-state index contributed by atoms with van der Waals surface area (Å²) in [6.07, 6.45) is -0.101. The van der Waals surface area contributed by atoms with Crippen molar-refractivity contribution in [2.24, 2.45) is 0 Å². The van der Waals surface area contributed by atoms with Crippen LogP contribution in [0.2, 0.25) is 0 Å². The van der Waals surface area contributed by atoms with Crippen molar-refractivity contribution in [1.82, 2.24) is 10.6 Å². The molecule has 0 aliphatic rings. The molecule has 0 saturated carbocycles. The maximum Gasteiger partial charge on any atom is 0.326 e. The molecule has 0 spiro atoms. The van der Waals surface area contributed by atoms with Crippen LogP contribution in [0.5, 0.6) is 0 Å². The maximum absolute atomic E-state index is 11.4. The van der Waals surface area contributed by atoms with Crippen molar-refractivity contribution in [2.75, 3.05) is 13.7 Å². The Morgan fingerprint density at radius 2 is 1.83 bits per heavy atom. The minimum Gasteiger partial charge on any atom is -0.481 e. The van der Waals surface area contributed by atoms with Crippen LogP contribution < -0.4 is 10.6 Å². The normalized spacial score (nSPS) is 13.4. The van der Waals surface area contributed by atoms with E-state index in [9.17, 15) is 14.4 Å². The average Bonchev–Trinajstić information content (AvgIpc) is 2.24. The van der Waals surface area contributed by atoms with Crippen molar-refractivity contribution in [3.05, 3.63) is 0 Å². The van der Waals surface area contributed by atoms with Gasteiger partial charge in [-0.15, -0.1) is 0 Å². The van der Waals surface area contributed by atoms with E-state index in [1.165, 1.54) is 7.11 Å². The number of aliphatic carboxylic acids is 2. The van der Waals surface area contributed by atoms with Crippen LogP contribution in [0.15, 0.2) is 0 Å². The molecule has 0 heterocycles. The summed E-state index contributed by atoms with van der Waals surface area (Å²) in [6, 6.07) is -2.37. The van der Waals surface area contributed by atoms with Gasteiger partial charge in [-0.3, -0.25) is 4.79 Å². The van der Waals surface area contributed by atoms with E-state index in [0.29, 0.717) is 13.0 Å². The van der Waals surface area contributed by atoms with Gasteiger partial charge in [-0.05, 0) is 13.3 Å². The van der Waals surface area contributed by atoms with Crippen LogP contribution in [0.25, 0.3) is 0 Å². The summed E-state index contributed by atoms with van der Waals surface area (Å²) in [4.78, 5) is 32.5. The Balaban J connectivity index is 4.17. The van der Waals surface area contributed by atoms with E-state index < -0.39 is 30.4 Å². The molecule has 0 radical (unpaired) electrons. The monoisotopic (exact) mass is 262 g/mol. The molecule has 104 valence electrons. The molecule has 0 aromatic rings. The number of ether oxygens (including phenoxy) is 1. The summed E-state index contributed by atoms with van der Waals surface area (Å²) >= 11 is 0. The molecule has 8 heteroatoms. The summed E-state index contributed by atoms with van der Waals surface area (Å²) < 4.78 is 4.82. The molecule has 0 aromatic heterocycles. The molecule has 0 aliphatic carbocycles. The topological polar surface area (TPSA) is 125 Å². The molecule has 2 atom stereocenters. The van der Waals surface area contributed by atoms with Crippen LogP contribution in [0, 0.1) is 0 Å². The molecular weight excluding hydrogens is 244 g/mol. The molecular formula is C10H18N2O6. The number of methoxy groups -OCH3 is 1. The number of hydrogen-bond acceptors (Lipinski definition) is 4. The fraction of sp³-hybridized carbons (Fsp3) is 0.700. The predicted molar refractivity (Wildman–Crippen MR) is 61.3 cm³/mol. The Kier molecular flexibility index (Phi) is 7.45. The summed E-state index contributed by atoms with van der Waals surface area (Å²) in [7, 11) is 1.53. The lowest BCUT2D eigenvalue weighted by molar-refractivity contribution is -0.145. The minimum atomic E-state index is -1.45. The van der Waals surface area contributed by atoms with Gasteiger partial charge in [0.15, 0.2) is 0 Å². The highest BCUT2D eigenvalue weighted by Crippen LogP contribution is 1.95. The van der Waals surface area contributed by atoms with Crippen LogP contribution in [-0.2, 0) is 14.3 Å². The van der Waals surface area contributed by atoms with Crippen molar-refractivity contribution in [1.29, 1.82) is 0 Å². The lowest BCUT2D eigenvalue weighted by atomic mass is 10.2. The van der Waals surface area contributed by atoms with E-state index in [-0.39, 0.29) is 6.04 Å². The first-order valence-corrected chi connectivity index (χ1v) is 5.37. The highest BCUT2D eigenvalue weighted by Gasteiger charge is 2.23. The van der Waals surface area contributed by atoms with Gasteiger partial charge in [-0.2, -0.15) is 0 Å². The smallest absolute Gasteiger partial charge is 0.326 e. The zero-order valence-electron chi connectivity index (χ0n) is 10.3. The third-order valence-electron chi connectivity index (χ3n) is 2.11. The number of carbonyl (C=O) groups excluding carboxylic acids is 1. The van der Waals surface area contributed by atoms with E-state index in [1.807, 2.05) is 0 Å². The van der Waals surface area contributed by atoms with E-state index in [0.717, 1.165) is 0 Å². The van der Waals surface area contributed by atoms with Crippen molar-refractivity contribution < 1.29 is 29.3 Å². The SMILES string of the molecule is COCCC(C)NC(=O)N[C@@H](CC(=O)O)C(=O)O. The van der Waals surface area contributed by atoms with Crippen LogP contribution in [0.3, 0.4) is 0 Å². The number of nitrogens with one attached hydrogen (secondary N) is 2. The Bertz CT molecular complexity index is 307. The van der Waals surface area contributed by atoms with Gasteiger partial charge in [0, 0.05) is 19.8 Å². The van der Waals surface area contributed by atoms with Crippen molar-refractivity contribution >= 4 is 18.0 Å². The van der Waals surface area contributed by atoms with Gasteiger partial charge in [0.25, 0.3) is 0 Å². The average molecular weight is 262 g/mol. The van der Waals surface area contributed by atoms with Crippen LogP contribution in [0.4, 0.5) is 4.79 Å². The zero-order chi connectivity index (χ0) is 14.1. The Morgan fingerprint density at radius 3 is 2.28 bits per heavy atom. The number of hydrogen-bond donors (Lipinski definition) is 4. The Labute approximate surface area is 104 Å². The quantitative estimate of drug-likeness (QED) is 0.473. The highest BCUT2D eigenvalue weighted by molar-refractivity contribution is 5.86. The molecule has 0 bridgehead atoms. The van der Waals surface area contributed by atoms with Crippen LogP contribution in [0.1, 0.15) is 19.8 Å². The molecule has 0 saturated heterocycles. The predicted octanol–water partition coefficient (Wildman–Crippen LogP) is -0.361. The number of amides is 2. The minimum absolute atomic E-state index is 0.204. The third-order valence-corrected chi connectivity index (χ3v) is 2.11. The second-order valence-electron chi connectivity index (χ2n) is 3.79. The molecule has 2 amide bonds. The van der Waals surface area contributed by atoms with E-state index >= 15 is 0 Å². The van der Waals surface area contributed by atoms with E-state index in [4.69, 9.17) is 14.9 Å². The number of urea groups is 1. The molecule has 4 N–H and O–H groups in total. The fourth-order valence-electron chi connectivity index (χ4n) is 1.17. The standard InChI is InChI=1S/C10H18N2O6/c1-6(3-4-18-2)11-10(17)12-7(9(15)16)5-8(13)14/h6-7H,3-5H2,1-2H3,(H,13,14)(H,15,16)(H2,11,12,17)/t6?,7-/m0/s1. The lowest BCUT2D eigenvalue weighted by Crippen LogP contribution is -2.49. The van der Waals surface area contributed by atoms with E-state index in [1.54, 1.807) is 6.92 Å². The van der Waals surface area contributed by atoms with Crippen LogP contribution in [-0.4, -0.2) is 54.0 Å². The van der Waals surface area contributed by atoms with Crippen LogP contribution >= 0.6 is 0 Å². The van der Waals surface area contributed by atoms with Crippen molar-refractivity contribution in [3.63, 3.8) is 0 Å². The van der Waals surface area contributed by atoms with Gasteiger partial charge >= 0.3 is 18.0 Å². The van der Waals surface area contributed by atoms with Gasteiger partial charge in [-0.25, -0.2) is 9.59 Å². The third kappa shape index (κ3) is 7.44. The summed E-state index contributed by atoms with van der Waals surface area (Å²) in [5.74, 6) is -2.69. The highest BCUT2D eigenvalue weighted by atomic mass is 16.5. The summed E-state index contributed by atoms with van der Waals surface area (Å²) in [5.41, 5.74) is 0. The summed E-state index contributed by atoms with van der Waals surface area (Å²) in [6.45, 7) is 2.19. The molecule has 1 unspecified atom stereocenters. The number of rotatable bonds is 8. The van der Waals surface area contributed by atoms with Crippen molar-refractivity contribution in [3.8, 4) is 0 Å². The molecule has 18 heavy (non-hydrogen) atoms. The van der Waals surface area contributed by atoms with Gasteiger partial charge in [0.2, 0.25) is 0 Å². The van der Waals surface area contributed by atoms with E-state index in [2.05, 4.69) is 10.6 Å². The molecule has 0 fully saturated rings. The lowest BCUT2D eigenvalue weighted by Gasteiger charge is -2.17. The summed E-state index contributed by atoms with van der Waals surface area (Å²) in [5, 5.41) is 21.8. The molecule has 0 aliphatic heterocycles. The molecule has 8 nitrogen and oxygen atoms in total. The number of carboxylic acid groups (broad SMARTS) is 2. The first-order chi connectivity index (χ1) is 8.36. The number of carbonyl (C=O) groups is 3. The first kappa shape index (κ1) is 16.2. The van der Waals surface area contributed by atoms with Crippen molar-refractivity contribution in [2.45, 2.75) is 31.8 Å². The van der Waals surface area contributed by atoms with Gasteiger partial charge < -0.3 is 25.6 Å². The second-order valence-corrected chi connectivity index (χ2v) is 3.79. The van der Waals surface area contributed by atoms with Gasteiger partial charge in [0.1, 0.15) is 6.04 Å². The molecule has 0 aromatic carbocycles. The second kappa shape index (κ2) is 8.29. The maximum atomic E-state index is 11.4. The molecule has 0 rings (SSSR count). The largest absolute Gasteiger partial charge is 0.481 e.